The molecule has 0 aliphatic heterocycles. The minimum absolute atomic E-state index is 0. The van der Waals surface area contributed by atoms with Crippen molar-refractivity contribution in [2.24, 2.45) is 5.73 Å². The first-order valence-electron chi connectivity index (χ1n) is 5.76. The molecule has 0 spiro atoms. The van der Waals surface area contributed by atoms with Crippen LogP contribution >= 0.6 is 23.7 Å². The van der Waals surface area contributed by atoms with Crippen LogP contribution in [-0.4, -0.2) is 10.1 Å². The third-order valence-electron chi connectivity index (χ3n) is 2.64. The minimum atomic E-state index is -0.518. The molecule has 2 N–H and O–H groups in total. The van der Waals surface area contributed by atoms with Crippen LogP contribution in [0.4, 0.5) is 0 Å². The maximum absolute atomic E-state index is 6.14. The number of hydrogen-bond acceptors (Lipinski definition) is 5. The van der Waals surface area contributed by atoms with E-state index in [1.54, 1.807) is 11.3 Å². The van der Waals surface area contributed by atoms with Gasteiger partial charge in [0, 0.05) is 11.3 Å². The first-order valence-corrected chi connectivity index (χ1v) is 6.64. The molecule has 0 fully saturated rings. The fourth-order valence-corrected chi connectivity index (χ4v) is 2.45. The Kier molecular flexibility index (Phi) is 5.31. The standard InChI is InChI=1S/C12H17N3OS.ClH/c1-3-6-12(2,13)11-14-10(15-16-11)8-9-5-4-7-17-9;/h4-5,7H,3,6,8,13H2,1-2H3;1H. The van der Waals surface area contributed by atoms with Crippen LogP contribution in [-0.2, 0) is 12.0 Å². The summed E-state index contributed by atoms with van der Waals surface area (Å²) >= 11 is 1.69. The molecule has 0 aromatic carbocycles. The molecule has 0 aliphatic carbocycles. The molecule has 0 radical (unpaired) electrons. The maximum atomic E-state index is 6.14. The molecule has 0 aliphatic rings. The van der Waals surface area contributed by atoms with Gasteiger partial charge in [-0.3, -0.25) is 0 Å². The van der Waals surface area contributed by atoms with Crippen LogP contribution < -0.4 is 5.73 Å². The van der Waals surface area contributed by atoms with Gasteiger partial charge in [0.15, 0.2) is 5.82 Å². The largest absolute Gasteiger partial charge is 0.337 e. The lowest BCUT2D eigenvalue weighted by atomic mass is 9.98. The number of thiophene rings is 1. The van der Waals surface area contributed by atoms with Crippen LogP contribution in [0.3, 0.4) is 0 Å². The summed E-state index contributed by atoms with van der Waals surface area (Å²) in [6, 6.07) is 4.08. The summed E-state index contributed by atoms with van der Waals surface area (Å²) in [5.41, 5.74) is 5.62. The van der Waals surface area contributed by atoms with E-state index in [4.69, 9.17) is 10.3 Å². The average molecular weight is 288 g/mol. The highest BCUT2D eigenvalue weighted by atomic mass is 35.5. The van der Waals surface area contributed by atoms with Crippen LogP contribution in [0.15, 0.2) is 22.0 Å². The number of aromatic nitrogens is 2. The van der Waals surface area contributed by atoms with E-state index in [0.29, 0.717) is 18.1 Å². The summed E-state index contributed by atoms with van der Waals surface area (Å²) in [5.74, 6) is 1.24. The zero-order chi connectivity index (χ0) is 12.3. The summed E-state index contributed by atoms with van der Waals surface area (Å²) in [5, 5.41) is 6.02. The Bertz CT molecular complexity index is 467. The van der Waals surface area contributed by atoms with E-state index in [1.807, 2.05) is 18.4 Å². The molecule has 0 amide bonds. The van der Waals surface area contributed by atoms with E-state index in [1.165, 1.54) is 4.88 Å². The molecular formula is C12H18ClN3OS. The molecule has 2 aromatic heterocycles. The lowest BCUT2D eigenvalue weighted by Gasteiger charge is -2.18. The van der Waals surface area contributed by atoms with Gasteiger partial charge in [0.05, 0.1) is 5.54 Å². The number of nitrogens with zero attached hydrogens (tertiary/aromatic N) is 2. The molecule has 18 heavy (non-hydrogen) atoms. The van der Waals surface area contributed by atoms with Crippen LogP contribution in [0.25, 0.3) is 0 Å². The predicted octanol–water partition coefficient (Wildman–Crippen LogP) is 3.12. The predicted molar refractivity (Wildman–Crippen MR) is 75.1 cm³/mol. The lowest BCUT2D eigenvalue weighted by Crippen LogP contribution is -2.33. The second-order valence-electron chi connectivity index (χ2n) is 4.44. The highest BCUT2D eigenvalue weighted by Gasteiger charge is 2.27. The summed E-state index contributed by atoms with van der Waals surface area (Å²) in [6.45, 7) is 4.02. The van der Waals surface area contributed by atoms with Gasteiger partial charge in [-0.05, 0) is 24.8 Å². The first-order chi connectivity index (χ1) is 8.12. The normalized spacial score (nSPS) is 13.9. The van der Waals surface area contributed by atoms with E-state index in [2.05, 4.69) is 23.1 Å². The molecule has 4 nitrogen and oxygen atoms in total. The Hall–Kier alpha value is -0.910. The van der Waals surface area contributed by atoms with Crippen molar-refractivity contribution in [2.45, 2.75) is 38.6 Å². The Labute approximate surface area is 117 Å². The molecule has 2 aromatic rings. The smallest absolute Gasteiger partial charge is 0.246 e. The van der Waals surface area contributed by atoms with Gasteiger partial charge in [-0.1, -0.05) is 24.6 Å². The van der Waals surface area contributed by atoms with Gasteiger partial charge in [0.25, 0.3) is 0 Å². The van der Waals surface area contributed by atoms with Crippen molar-refractivity contribution in [2.75, 3.05) is 0 Å². The molecule has 0 saturated carbocycles. The van der Waals surface area contributed by atoms with E-state index in [9.17, 15) is 0 Å². The zero-order valence-electron chi connectivity index (χ0n) is 10.5. The van der Waals surface area contributed by atoms with Crippen molar-refractivity contribution in [3.05, 3.63) is 34.1 Å². The van der Waals surface area contributed by atoms with E-state index in [0.717, 1.165) is 12.8 Å². The van der Waals surface area contributed by atoms with E-state index < -0.39 is 5.54 Å². The molecule has 1 unspecified atom stereocenters. The van der Waals surface area contributed by atoms with Gasteiger partial charge >= 0.3 is 0 Å². The van der Waals surface area contributed by atoms with Gasteiger partial charge in [-0.2, -0.15) is 4.98 Å². The molecular weight excluding hydrogens is 270 g/mol. The number of hydrogen-bond donors (Lipinski definition) is 1. The van der Waals surface area contributed by atoms with Crippen molar-refractivity contribution in [1.29, 1.82) is 0 Å². The van der Waals surface area contributed by atoms with Gasteiger partial charge in [-0.25, -0.2) is 0 Å². The number of nitrogens with two attached hydrogens (primary N) is 1. The first kappa shape index (κ1) is 15.1. The van der Waals surface area contributed by atoms with Gasteiger partial charge < -0.3 is 10.3 Å². The topological polar surface area (TPSA) is 64.9 Å². The van der Waals surface area contributed by atoms with Crippen LogP contribution in [0, 0.1) is 0 Å². The highest BCUT2D eigenvalue weighted by molar-refractivity contribution is 7.09. The fourth-order valence-electron chi connectivity index (χ4n) is 1.75. The SMILES string of the molecule is CCCC(C)(N)c1nc(Cc2cccs2)no1.Cl. The summed E-state index contributed by atoms with van der Waals surface area (Å²) in [6.07, 6.45) is 2.55. The number of rotatable bonds is 5. The van der Waals surface area contributed by atoms with Crippen molar-refractivity contribution in [3.8, 4) is 0 Å². The van der Waals surface area contributed by atoms with Crippen LogP contribution in [0.1, 0.15) is 43.3 Å². The Balaban J connectivity index is 0.00000162. The third kappa shape index (κ3) is 3.54. The van der Waals surface area contributed by atoms with Gasteiger partial charge in [0.2, 0.25) is 5.89 Å². The second-order valence-corrected chi connectivity index (χ2v) is 5.47. The summed E-state index contributed by atoms with van der Waals surface area (Å²) in [4.78, 5) is 5.61. The van der Waals surface area contributed by atoms with Crippen molar-refractivity contribution >= 4 is 23.7 Å². The quantitative estimate of drug-likeness (QED) is 0.917. The van der Waals surface area contributed by atoms with Gasteiger partial charge in [-0.15, -0.1) is 23.7 Å². The third-order valence-corrected chi connectivity index (χ3v) is 3.51. The minimum Gasteiger partial charge on any atom is -0.337 e. The molecule has 2 rings (SSSR count). The Morgan fingerprint density at radius 3 is 2.89 bits per heavy atom. The number of halogens is 1. The maximum Gasteiger partial charge on any atom is 0.246 e. The molecule has 0 saturated heterocycles. The molecule has 2 heterocycles. The fraction of sp³-hybridized carbons (Fsp3) is 0.500. The Morgan fingerprint density at radius 1 is 1.50 bits per heavy atom. The van der Waals surface area contributed by atoms with E-state index in [-0.39, 0.29) is 12.4 Å². The zero-order valence-corrected chi connectivity index (χ0v) is 12.2. The van der Waals surface area contributed by atoms with Crippen LogP contribution in [0.2, 0.25) is 0 Å². The van der Waals surface area contributed by atoms with Gasteiger partial charge in [0.1, 0.15) is 0 Å². The van der Waals surface area contributed by atoms with Crippen molar-refractivity contribution < 1.29 is 4.52 Å². The molecule has 100 valence electrons. The molecule has 0 bridgehead atoms. The van der Waals surface area contributed by atoms with Crippen molar-refractivity contribution in [3.63, 3.8) is 0 Å². The van der Waals surface area contributed by atoms with Crippen LogP contribution in [0.5, 0.6) is 0 Å². The monoisotopic (exact) mass is 287 g/mol. The second kappa shape index (κ2) is 6.31. The summed E-state index contributed by atoms with van der Waals surface area (Å²) in [7, 11) is 0. The molecule has 1 atom stereocenters. The van der Waals surface area contributed by atoms with Crippen molar-refractivity contribution in [1.82, 2.24) is 10.1 Å². The highest BCUT2D eigenvalue weighted by Crippen LogP contribution is 2.22. The summed E-state index contributed by atoms with van der Waals surface area (Å²) < 4.78 is 5.25. The van der Waals surface area contributed by atoms with E-state index >= 15 is 0 Å². The average Bonchev–Trinajstić information content (AvgIpc) is 2.89. The lowest BCUT2D eigenvalue weighted by molar-refractivity contribution is 0.282. The molecule has 6 heteroatoms. The Morgan fingerprint density at radius 2 is 2.28 bits per heavy atom.